The van der Waals surface area contributed by atoms with Gasteiger partial charge >= 0.3 is 0 Å². The molecule has 2 atom stereocenters. The van der Waals surface area contributed by atoms with E-state index in [2.05, 4.69) is 100 Å². The van der Waals surface area contributed by atoms with Crippen molar-refractivity contribution < 1.29 is 14.6 Å². The topological polar surface area (TPSA) is 42.0 Å². The number of hydrogen-bond acceptors (Lipinski definition) is 3. The fourth-order valence-electron chi connectivity index (χ4n) is 5.06. The Bertz CT molecular complexity index is 1050. The van der Waals surface area contributed by atoms with Crippen molar-refractivity contribution in [2.24, 2.45) is 11.8 Å². The summed E-state index contributed by atoms with van der Waals surface area (Å²) in [5.41, 5.74) is 6.81. The largest absolute Gasteiger partial charge is 0.507 e. The van der Waals surface area contributed by atoms with Crippen LogP contribution in [-0.2, 0) is 28.4 Å². The molecule has 3 rings (SSSR count). The fourth-order valence-corrected chi connectivity index (χ4v) is 5.06. The standard InChI is InChI=1S/C33H50O3/c1-20(2)12-23-14-26(30(34)28(16-23)32(6,7)8)22(5)27-15-24(13-21(3)4)17-29(33(9,10)11)31(27)36-19-25-18-35-25/h14-17,20-22,25,34H,12-13,18-19H2,1-11H3. The summed E-state index contributed by atoms with van der Waals surface area (Å²) in [5, 5.41) is 11.6. The van der Waals surface area contributed by atoms with Crippen molar-refractivity contribution in [3.05, 3.63) is 57.6 Å². The molecule has 1 saturated heterocycles. The zero-order valence-corrected chi connectivity index (χ0v) is 24.7. The zero-order valence-electron chi connectivity index (χ0n) is 24.7. The van der Waals surface area contributed by atoms with E-state index in [4.69, 9.17) is 9.47 Å². The number of phenolic OH excluding ortho intramolecular Hbond substituents is 1. The van der Waals surface area contributed by atoms with Crippen LogP contribution in [0.2, 0.25) is 0 Å². The van der Waals surface area contributed by atoms with Crippen LogP contribution in [-0.4, -0.2) is 24.4 Å². The lowest BCUT2D eigenvalue weighted by Gasteiger charge is -2.30. The maximum atomic E-state index is 11.6. The molecule has 1 N–H and O–H groups in total. The van der Waals surface area contributed by atoms with E-state index >= 15 is 0 Å². The second kappa shape index (κ2) is 10.8. The van der Waals surface area contributed by atoms with E-state index < -0.39 is 0 Å². The molecule has 2 aromatic rings. The van der Waals surface area contributed by atoms with Gasteiger partial charge < -0.3 is 14.6 Å². The quantitative estimate of drug-likeness (QED) is 0.356. The molecule has 200 valence electrons. The summed E-state index contributed by atoms with van der Waals surface area (Å²) in [4.78, 5) is 0. The van der Waals surface area contributed by atoms with E-state index in [1.165, 1.54) is 16.7 Å². The molecule has 1 aliphatic rings. The van der Waals surface area contributed by atoms with E-state index in [-0.39, 0.29) is 22.9 Å². The van der Waals surface area contributed by atoms with Crippen LogP contribution in [0.5, 0.6) is 11.5 Å². The van der Waals surface area contributed by atoms with Crippen LogP contribution in [0.15, 0.2) is 24.3 Å². The molecule has 2 unspecified atom stereocenters. The Morgan fingerprint density at radius 1 is 0.806 bits per heavy atom. The van der Waals surface area contributed by atoms with E-state index in [0.29, 0.717) is 24.2 Å². The zero-order chi connectivity index (χ0) is 27.0. The molecule has 0 bridgehead atoms. The van der Waals surface area contributed by atoms with Crippen LogP contribution >= 0.6 is 0 Å². The highest BCUT2D eigenvalue weighted by Crippen LogP contribution is 2.45. The molecule has 2 aromatic carbocycles. The maximum absolute atomic E-state index is 11.6. The predicted molar refractivity (Wildman–Crippen MR) is 152 cm³/mol. The third kappa shape index (κ3) is 7.06. The minimum absolute atomic E-state index is 0.0125. The summed E-state index contributed by atoms with van der Waals surface area (Å²) < 4.78 is 12.0. The van der Waals surface area contributed by atoms with Gasteiger partial charge in [0.2, 0.25) is 0 Å². The fraction of sp³-hybridized carbons (Fsp3) is 0.636. The summed E-state index contributed by atoms with van der Waals surface area (Å²) >= 11 is 0. The Balaban J connectivity index is 2.24. The molecule has 0 radical (unpaired) electrons. The van der Waals surface area contributed by atoms with Gasteiger partial charge in [0.15, 0.2) is 0 Å². The number of rotatable bonds is 9. The summed E-state index contributed by atoms with van der Waals surface area (Å²) in [6.45, 7) is 25.9. The van der Waals surface area contributed by atoms with Crippen LogP contribution in [0.25, 0.3) is 0 Å². The van der Waals surface area contributed by atoms with Crippen LogP contribution < -0.4 is 4.74 Å². The average Bonchev–Trinajstić information content (AvgIpc) is 3.55. The van der Waals surface area contributed by atoms with Crippen LogP contribution in [0.3, 0.4) is 0 Å². The molecule has 1 aliphatic heterocycles. The Hall–Kier alpha value is -2.00. The van der Waals surface area contributed by atoms with Gasteiger partial charge in [0, 0.05) is 22.6 Å². The minimum atomic E-state index is -0.149. The lowest BCUT2D eigenvalue weighted by Crippen LogP contribution is -2.19. The molecule has 0 spiro atoms. The number of aromatic hydroxyl groups is 1. The maximum Gasteiger partial charge on any atom is 0.126 e. The van der Waals surface area contributed by atoms with Gasteiger partial charge in [-0.1, -0.05) is 100 Å². The van der Waals surface area contributed by atoms with Crippen molar-refractivity contribution in [1.82, 2.24) is 0 Å². The summed E-state index contributed by atoms with van der Waals surface area (Å²) in [6, 6.07) is 9.11. The summed E-state index contributed by atoms with van der Waals surface area (Å²) in [5.74, 6) is 2.48. The smallest absolute Gasteiger partial charge is 0.126 e. The van der Waals surface area contributed by atoms with Crippen LogP contribution in [0, 0.1) is 11.8 Å². The minimum Gasteiger partial charge on any atom is -0.507 e. The van der Waals surface area contributed by atoms with Crippen molar-refractivity contribution in [2.45, 2.75) is 112 Å². The molecular formula is C33H50O3. The van der Waals surface area contributed by atoms with Crippen molar-refractivity contribution in [3.8, 4) is 11.5 Å². The monoisotopic (exact) mass is 494 g/mol. The first kappa shape index (κ1) is 28.6. The Kier molecular flexibility index (Phi) is 8.55. The first-order chi connectivity index (χ1) is 16.6. The molecule has 36 heavy (non-hydrogen) atoms. The number of benzene rings is 2. The van der Waals surface area contributed by atoms with Crippen LogP contribution in [0.1, 0.15) is 115 Å². The van der Waals surface area contributed by atoms with Crippen molar-refractivity contribution in [3.63, 3.8) is 0 Å². The van der Waals surface area contributed by atoms with Gasteiger partial charge in [-0.3, -0.25) is 0 Å². The Morgan fingerprint density at radius 3 is 1.72 bits per heavy atom. The molecule has 0 saturated carbocycles. The average molecular weight is 495 g/mol. The van der Waals surface area contributed by atoms with Crippen molar-refractivity contribution in [1.29, 1.82) is 0 Å². The number of ether oxygens (including phenoxy) is 2. The number of epoxide rings is 1. The third-order valence-electron chi connectivity index (χ3n) is 7.03. The molecule has 1 fully saturated rings. The lowest BCUT2D eigenvalue weighted by molar-refractivity contribution is 0.255. The molecule has 0 aliphatic carbocycles. The highest BCUT2D eigenvalue weighted by molar-refractivity contribution is 5.56. The first-order valence-corrected chi connectivity index (χ1v) is 13.9. The van der Waals surface area contributed by atoms with E-state index in [1.54, 1.807) is 0 Å². The second-order valence-corrected chi connectivity index (χ2v) is 13.8. The molecular weight excluding hydrogens is 444 g/mol. The highest BCUT2D eigenvalue weighted by Gasteiger charge is 2.31. The molecule has 3 nitrogen and oxygen atoms in total. The molecule has 0 amide bonds. The van der Waals surface area contributed by atoms with Crippen molar-refractivity contribution >= 4 is 0 Å². The number of hydrogen-bond donors (Lipinski definition) is 1. The van der Waals surface area contributed by atoms with E-state index in [9.17, 15) is 5.11 Å². The highest BCUT2D eigenvalue weighted by atomic mass is 16.6. The van der Waals surface area contributed by atoms with E-state index in [0.717, 1.165) is 41.9 Å². The van der Waals surface area contributed by atoms with Crippen LogP contribution in [0.4, 0.5) is 0 Å². The Morgan fingerprint density at radius 2 is 1.28 bits per heavy atom. The SMILES string of the molecule is CC(C)Cc1cc(C(C)c2cc(CC(C)C)cc(C(C)(C)C)c2OCC2CO2)c(O)c(C(C)(C)C)c1. The Labute approximate surface area is 220 Å². The third-order valence-corrected chi connectivity index (χ3v) is 7.03. The normalized spacial score (nSPS) is 17.1. The van der Waals surface area contributed by atoms with Gasteiger partial charge in [-0.2, -0.15) is 0 Å². The van der Waals surface area contributed by atoms with Crippen molar-refractivity contribution in [2.75, 3.05) is 13.2 Å². The first-order valence-electron chi connectivity index (χ1n) is 13.9. The molecule has 0 aromatic heterocycles. The summed E-state index contributed by atoms with van der Waals surface area (Å²) in [6.07, 6.45) is 2.19. The van der Waals surface area contributed by atoms with Gasteiger partial charge in [0.1, 0.15) is 24.2 Å². The molecule has 3 heteroatoms. The summed E-state index contributed by atoms with van der Waals surface area (Å²) in [7, 11) is 0. The second-order valence-electron chi connectivity index (χ2n) is 13.8. The number of phenols is 1. The van der Waals surface area contributed by atoms with E-state index in [1.807, 2.05) is 0 Å². The van der Waals surface area contributed by atoms with Gasteiger partial charge in [-0.05, 0) is 52.2 Å². The molecule has 1 heterocycles. The predicted octanol–water partition coefficient (Wildman–Crippen LogP) is 8.31. The van der Waals surface area contributed by atoms with Gasteiger partial charge in [-0.25, -0.2) is 0 Å². The van der Waals surface area contributed by atoms with Gasteiger partial charge in [0.25, 0.3) is 0 Å². The van der Waals surface area contributed by atoms with Gasteiger partial charge in [0.05, 0.1) is 6.61 Å². The van der Waals surface area contributed by atoms with Gasteiger partial charge in [-0.15, -0.1) is 0 Å². The lowest BCUT2D eigenvalue weighted by atomic mass is 9.77.